The Morgan fingerprint density at radius 1 is 0.914 bits per heavy atom. The smallest absolute Gasteiger partial charge is 0.410 e. The topological polar surface area (TPSA) is 174 Å². The van der Waals surface area contributed by atoms with Crippen molar-refractivity contribution in [2.45, 2.75) is 46.8 Å². The maximum Gasteiger partial charge on any atom is 0.410 e. The Balaban J connectivity index is 1.11. The van der Waals surface area contributed by atoms with Crippen LogP contribution < -0.4 is 16.0 Å². The van der Waals surface area contributed by atoms with Crippen LogP contribution in [0.15, 0.2) is 61.1 Å². The number of nitrogens with one attached hydrogen (secondary N) is 1. The van der Waals surface area contributed by atoms with Crippen LogP contribution in [-0.4, -0.2) is 96.4 Å². The highest BCUT2D eigenvalue weighted by Crippen LogP contribution is 2.33. The Morgan fingerprint density at radius 3 is 2.22 bits per heavy atom. The van der Waals surface area contributed by atoms with Crippen molar-refractivity contribution in [1.29, 1.82) is 0 Å². The summed E-state index contributed by atoms with van der Waals surface area (Å²) in [6, 6.07) is 10.1. The number of aromatic nitrogens is 5. The summed E-state index contributed by atoms with van der Waals surface area (Å²) < 4.78 is 39.8. The van der Waals surface area contributed by atoms with Crippen LogP contribution in [0.2, 0.25) is 5.02 Å². The van der Waals surface area contributed by atoms with Gasteiger partial charge in [0.2, 0.25) is 0 Å². The van der Waals surface area contributed by atoms with Crippen molar-refractivity contribution >= 4 is 46.9 Å². The minimum atomic E-state index is -1.15. The normalized spacial score (nSPS) is 13.1. The third-order valence-corrected chi connectivity index (χ3v) is 9.80. The zero-order valence-electron chi connectivity index (χ0n) is 32.8. The van der Waals surface area contributed by atoms with Crippen molar-refractivity contribution in [3.63, 3.8) is 0 Å². The Kier molecular flexibility index (Phi) is 11.8. The largest absolute Gasteiger partial charge is 0.444 e. The number of ether oxygens (including phenoxy) is 1. The van der Waals surface area contributed by atoms with E-state index in [0.717, 1.165) is 5.69 Å². The van der Waals surface area contributed by atoms with Crippen molar-refractivity contribution in [1.82, 2.24) is 34.1 Å². The van der Waals surface area contributed by atoms with Gasteiger partial charge < -0.3 is 30.2 Å². The third-order valence-electron chi connectivity index (χ3n) is 9.49. The van der Waals surface area contributed by atoms with Crippen LogP contribution in [0.25, 0.3) is 22.4 Å². The first kappa shape index (κ1) is 41.3. The number of benzene rings is 2. The molecule has 1 fully saturated rings. The summed E-state index contributed by atoms with van der Waals surface area (Å²) in [5.74, 6) is -3.35. The van der Waals surface area contributed by atoms with E-state index >= 15 is 8.78 Å². The van der Waals surface area contributed by atoms with Crippen LogP contribution in [0.5, 0.6) is 0 Å². The number of hydrogen-bond donors (Lipinski definition) is 2. The average Bonchev–Trinajstić information content (AvgIpc) is 3.73. The van der Waals surface area contributed by atoms with Crippen LogP contribution in [0, 0.1) is 25.5 Å². The SMILES string of the molecule is Cc1ccc(N(CCn2cc(-c3ccc(-c4cnc(C(=O)Nc5ccc(C(=O)N6CCN(C(=O)OC(C)(C)C)CC6)c(Cl)c5)n4C)c(F)c3F)c(C)n2)C(N)=O)cn1. The van der Waals surface area contributed by atoms with Crippen molar-refractivity contribution in [3.8, 4) is 22.4 Å². The van der Waals surface area contributed by atoms with Gasteiger partial charge in [-0.2, -0.15) is 5.10 Å². The highest BCUT2D eigenvalue weighted by molar-refractivity contribution is 6.34. The lowest BCUT2D eigenvalue weighted by molar-refractivity contribution is 0.0141. The van der Waals surface area contributed by atoms with E-state index in [1.165, 1.54) is 57.7 Å². The second-order valence-electron chi connectivity index (χ2n) is 14.8. The molecule has 0 aliphatic carbocycles. The molecule has 5 aromatic rings. The molecule has 0 unspecified atom stereocenters. The summed E-state index contributed by atoms with van der Waals surface area (Å²) in [5.41, 5.74) is 7.54. The molecule has 15 nitrogen and oxygen atoms in total. The molecule has 0 radical (unpaired) electrons. The maximum absolute atomic E-state index is 15.8. The molecule has 0 atom stereocenters. The van der Waals surface area contributed by atoms with Gasteiger partial charge in [0.1, 0.15) is 5.60 Å². The number of nitrogens with zero attached hydrogens (tertiary/aromatic N) is 8. The zero-order valence-corrected chi connectivity index (χ0v) is 33.6. The fourth-order valence-electron chi connectivity index (χ4n) is 6.45. The number of anilines is 2. The molecule has 0 saturated carbocycles. The van der Waals surface area contributed by atoms with Crippen molar-refractivity contribution in [2.75, 3.05) is 42.9 Å². The third kappa shape index (κ3) is 8.94. The monoisotopic (exact) mass is 816 g/mol. The first-order valence-corrected chi connectivity index (χ1v) is 18.7. The number of pyridine rings is 1. The van der Waals surface area contributed by atoms with Gasteiger partial charge in [0, 0.05) is 74.0 Å². The van der Waals surface area contributed by atoms with Gasteiger partial charge in [0.25, 0.3) is 11.8 Å². The molecule has 0 spiro atoms. The molecular weight excluding hydrogens is 774 g/mol. The lowest BCUT2D eigenvalue weighted by Gasteiger charge is -2.35. The fraction of sp³-hybridized carbons (Fsp3) is 0.325. The molecule has 4 heterocycles. The molecule has 0 bridgehead atoms. The van der Waals surface area contributed by atoms with E-state index in [0.29, 0.717) is 43.1 Å². The predicted octanol–water partition coefficient (Wildman–Crippen LogP) is 6.42. The number of nitrogens with two attached hydrogens (primary N) is 1. The first-order chi connectivity index (χ1) is 27.4. The van der Waals surface area contributed by atoms with Crippen LogP contribution in [0.4, 0.5) is 29.7 Å². The van der Waals surface area contributed by atoms with Gasteiger partial charge in [0.15, 0.2) is 17.5 Å². The summed E-state index contributed by atoms with van der Waals surface area (Å²) in [6.07, 6.45) is 3.93. The maximum atomic E-state index is 15.8. The zero-order chi connectivity index (χ0) is 42.1. The molecule has 1 aliphatic rings. The van der Waals surface area contributed by atoms with Gasteiger partial charge in [0.05, 0.1) is 46.6 Å². The number of imidazole rings is 1. The van der Waals surface area contributed by atoms with Gasteiger partial charge in [-0.05, 0) is 71.0 Å². The number of carbonyl (C=O) groups is 4. The van der Waals surface area contributed by atoms with Crippen LogP contribution in [0.1, 0.15) is 53.1 Å². The standard InChI is InChI=1S/C40H43ClF2N10O5/c1-23-7-9-26(20-45-23)53(38(44)56)18-17-52-22-30(24(2)48-52)27-11-12-29(34(43)33(27)42)32-21-46-35(49(32)6)36(54)47-25-8-10-28(31(41)19-25)37(55)50-13-15-51(16-14-50)39(57)58-40(3,4)5/h7-12,19-22H,13-18H2,1-6H3,(H2,44,56)(H,47,54). The number of amides is 5. The minimum absolute atomic E-state index is 0.0264. The number of halogens is 3. The Labute approximate surface area is 338 Å². The molecule has 18 heteroatoms. The lowest BCUT2D eigenvalue weighted by Crippen LogP contribution is -2.51. The van der Waals surface area contributed by atoms with Gasteiger partial charge in [-0.3, -0.25) is 24.2 Å². The first-order valence-electron chi connectivity index (χ1n) is 18.3. The number of piperazine rings is 1. The predicted molar refractivity (Wildman–Crippen MR) is 214 cm³/mol. The van der Waals surface area contributed by atoms with Gasteiger partial charge in [-0.1, -0.05) is 17.7 Å². The summed E-state index contributed by atoms with van der Waals surface area (Å²) >= 11 is 6.50. The molecule has 3 N–H and O–H groups in total. The number of urea groups is 1. The molecule has 2 aromatic carbocycles. The highest BCUT2D eigenvalue weighted by Gasteiger charge is 2.29. The molecule has 5 amide bonds. The lowest BCUT2D eigenvalue weighted by atomic mass is 10.0. The van der Waals surface area contributed by atoms with E-state index in [2.05, 4.69) is 20.4 Å². The van der Waals surface area contributed by atoms with Gasteiger partial charge >= 0.3 is 12.1 Å². The van der Waals surface area contributed by atoms with E-state index in [1.54, 1.807) is 62.0 Å². The molecule has 1 saturated heterocycles. The van der Waals surface area contributed by atoms with Gasteiger partial charge in [-0.25, -0.2) is 23.4 Å². The quantitative estimate of drug-likeness (QED) is 0.171. The van der Waals surface area contributed by atoms with E-state index in [9.17, 15) is 19.2 Å². The second kappa shape index (κ2) is 16.6. The van der Waals surface area contributed by atoms with Gasteiger partial charge in [-0.15, -0.1) is 0 Å². The molecule has 58 heavy (non-hydrogen) atoms. The molecule has 304 valence electrons. The number of carbonyl (C=O) groups excluding carboxylic acids is 4. The van der Waals surface area contributed by atoms with Crippen LogP contribution in [0.3, 0.4) is 0 Å². The molecule has 6 rings (SSSR count). The van der Waals surface area contributed by atoms with Crippen LogP contribution in [-0.2, 0) is 18.3 Å². The average molecular weight is 817 g/mol. The molecule has 3 aromatic heterocycles. The summed E-state index contributed by atoms with van der Waals surface area (Å²) in [6.45, 7) is 10.4. The molecule has 1 aliphatic heterocycles. The van der Waals surface area contributed by atoms with Crippen molar-refractivity contribution in [3.05, 3.63) is 100 Å². The number of rotatable bonds is 9. The second-order valence-corrected chi connectivity index (χ2v) is 15.2. The Hall–Kier alpha value is -6.36. The highest BCUT2D eigenvalue weighted by atomic mass is 35.5. The van der Waals surface area contributed by atoms with E-state index < -0.39 is 35.3 Å². The summed E-state index contributed by atoms with van der Waals surface area (Å²) in [7, 11) is 1.50. The van der Waals surface area contributed by atoms with E-state index in [-0.39, 0.29) is 57.9 Å². The Morgan fingerprint density at radius 2 is 1.59 bits per heavy atom. The van der Waals surface area contributed by atoms with E-state index in [1.807, 2.05) is 6.92 Å². The number of aryl methyl sites for hydroxylation is 2. The summed E-state index contributed by atoms with van der Waals surface area (Å²) in [5, 5.41) is 7.23. The van der Waals surface area contributed by atoms with Crippen molar-refractivity contribution < 1.29 is 32.7 Å². The minimum Gasteiger partial charge on any atom is -0.444 e. The summed E-state index contributed by atoms with van der Waals surface area (Å²) in [4.78, 5) is 64.0. The van der Waals surface area contributed by atoms with Crippen molar-refractivity contribution in [2.24, 2.45) is 12.8 Å². The number of primary amides is 1. The number of hydrogen-bond acceptors (Lipinski definition) is 8. The van der Waals surface area contributed by atoms with E-state index in [4.69, 9.17) is 22.1 Å². The Bertz CT molecular complexity index is 2380. The molecular formula is C40H43ClF2N10O5. The fourth-order valence-corrected chi connectivity index (χ4v) is 6.72. The van der Waals surface area contributed by atoms with Crippen LogP contribution >= 0.6 is 11.6 Å².